The van der Waals surface area contributed by atoms with Crippen LogP contribution in [-0.4, -0.2) is 51.5 Å². The molecule has 1 aromatic carbocycles. The number of hydrogen-bond acceptors (Lipinski definition) is 6. The third-order valence-electron chi connectivity index (χ3n) is 5.47. The van der Waals surface area contributed by atoms with Crippen LogP contribution >= 0.6 is 0 Å². The highest BCUT2D eigenvalue weighted by molar-refractivity contribution is 6.01. The van der Waals surface area contributed by atoms with Crippen molar-refractivity contribution in [3.05, 3.63) is 72.3 Å². The van der Waals surface area contributed by atoms with Crippen molar-refractivity contribution in [2.24, 2.45) is 5.73 Å². The van der Waals surface area contributed by atoms with Crippen molar-refractivity contribution in [2.75, 3.05) is 6.54 Å². The number of carbonyl (C=O) groups is 3. The van der Waals surface area contributed by atoms with Crippen molar-refractivity contribution in [3.8, 4) is 0 Å². The number of rotatable bonds is 3. The smallest absolute Gasteiger partial charge is 0.374 e. The number of pyridine rings is 1. The van der Waals surface area contributed by atoms with E-state index in [1.54, 1.807) is 42.7 Å². The lowest BCUT2D eigenvalue weighted by Crippen LogP contribution is -2.57. The molecule has 9 heteroatoms. The van der Waals surface area contributed by atoms with Gasteiger partial charge in [-0.15, -0.1) is 0 Å². The number of aromatic nitrogens is 1. The molecule has 2 atom stereocenters. The predicted octanol–water partition coefficient (Wildman–Crippen LogP) is 2.35. The molecule has 4 heterocycles. The van der Waals surface area contributed by atoms with Gasteiger partial charge in [-0.25, -0.2) is 9.59 Å². The van der Waals surface area contributed by atoms with E-state index in [0.29, 0.717) is 29.8 Å². The molecule has 156 valence electrons. The molecule has 31 heavy (non-hydrogen) atoms. The molecule has 0 aliphatic carbocycles. The molecule has 2 unspecified atom stereocenters. The Morgan fingerprint density at radius 3 is 2.68 bits per heavy atom. The molecular weight excluding hydrogens is 400 g/mol. The molecule has 2 aromatic heterocycles. The van der Waals surface area contributed by atoms with Crippen molar-refractivity contribution in [1.29, 1.82) is 0 Å². The first kappa shape index (κ1) is 18.9. The van der Waals surface area contributed by atoms with E-state index in [9.17, 15) is 14.4 Å². The SMILES string of the molecule is NC(=O)N1C(c2ccncc2)=CC(=O)N2CCC(OC(=O)c3cc4ccccc4o3)C21. The van der Waals surface area contributed by atoms with Gasteiger partial charge in [0.25, 0.3) is 0 Å². The van der Waals surface area contributed by atoms with E-state index in [2.05, 4.69) is 4.98 Å². The first-order chi connectivity index (χ1) is 15.0. The van der Waals surface area contributed by atoms with E-state index in [4.69, 9.17) is 14.9 Å². The van der Waals surface area contributed by atoms with E-state index in [1.807, 2.05) is 12.1 Å². The van der Waals surface area contributed by atoms with Gasteiger partial charge in [0.1, 0.15) is 11.7 Å². The fourth-order valence-corrected chi connectivity index (χ4v) is 4.10. The number of benzene rings is 1. The van der Waals surface area contributed by atoms with Crippen LogP contribution in [0.3, 0.4) is 0 Å². The first-order valence-corrected chi connectivity index (χ1v) is 9.74. The molecule has 0 bridgehead atoms. The van der Waals surface area contributed by atoms with Crippen LogP contribution in [0, 0.1) is 0 Å². The summed E-state index contributed by atoms with van der Waals surface area (Å²) in [5.74, 6) is -0.895. The molecule has 2 N–H and O–H groups in total. The number of furan rings is 1. The minimum absolute atomic E-state index is 0.0531. The molecule has 9 nitrogen and oxygen atoms in total. The molecule has 2 aliphatic heterocycles. The fraction of sp³-hybridized carbons (Fsp3) is 0.182. The van der Waals surface area contributed by atoms with Gasteiger partial charge in [0.05, 0.1) is 5.70 Å². The van der Waals surface area contributed by atoms with Crippen molar-refractivity contribution < 1.29 is 23.5 Å². The number of esters is 1. The zero-order valence-corrected chi connectivity index (χ0v) is 16.3. The summed E-state index contributed by atoms with van der Waals surface area (Å²) in [7, 11) is 0. The molecule has 1 saturated heterocycles. The topological polar surface area (TPSA) is 119 Å². The highest BCUT2D eigenvalue weighted by Crippen LogP contribution is 2.35. The van der Waals surface area contributed by atoms with Gasteiger partial charge in [-0.3, -0.25) is 14.7 Å². The van der Waals surface area contributed by atoms with Crippen LogP contribution in [0.5, 0.6) is 0 Å². The summed E-state index contributed by atoms with van der Waals surface area (Å²) in [5, 5.41) is 0.775. The molecule has 2 aliphatic rings. The second-order valence-electron chi connectivity index (χ2n) is 7.30. The standard InChI is InChI=1S/C22H18N4O5/c23-22(29)26-15(13-5-8-24-9-6-13)12-19(27)25-10-7-17(20(25)26)31-21(28)18-11-14-3-1-2-4-16(14)30-18/h1-6,8-9,11-12,17,20H,7,10H2,(H2,23,29). The molecular formula is C22H18N4O5. The Labute approximate surface area is 176 Å². The fourth-order valence-electron chi connectivity index (χ4n) is 4.10. The zero-order valence-electron chi connectivity index (χ0n) is 16.3. The van der Waals surface area contributed by atoms with E-state index in [1.165, 1.54) is 15.9 Å². The Hall–Kier alpha value is -4.14. The quantitative estimate of drug-likeness (QED) is 0.652. The molecule has 0 saturated carbocycles. The number of para-hydroxylation sites is 1. The largest absolute Gasteiger partial charge is 0.452 e. The molecule has 3 aromatic rings. The van der Waals surface area contributed by atoms with Gasteiger partial charge < -0.3 is 19.8 Å². The molecule has 0 spiro atoms. The van der Waals surface area contributed by atoms with Gasteiger partial charge >= 0.3 is 12.0 Å². The first-order valence-electron chi connectivity index (χ1n) is 9.74. The van der Waals surface area contributed by atoms with Crippen LogP contribution in [0.1, 0.15) is 22.5 Å². The number of nitrogens with zero attached hydrogens (tertiary/aromatic N) is 3. The highest BCUT2D eigenvalue weighted by atomic mass is 16.6. The number of ether oxygens (including phenoxy) is 1. The summed E-state index contributed by atoms with van der Waals surface area (Å²) in [6.07, 6.45) is 3.23. The maximum Gasteiger partial charge on any atom is 0.374 e. The zero-order chi connectivity index (χ0) is 21.5. The third-order valence-corrected chi connectivity index (χ3v) is 5.47. The van der Waals surface area contributed by atoms with Crippen LogP contribution in [0.25, 0.3) is 16.7 Å². The summed E-state index contributed by atoms with van der Waals surface area (Å²) < 4.78 is 11.3. The maximum absolute atomic E-state index is 12.8. The number of amides is 3. The number of hydrogen-bond donors (Lipinski definition) is 1. The predicted molar refractivity (Wildman–Crippen MR) is 109 cm³/mol. The lowest BCUT2D eigenvalue weighted by atomic mass is 10.1. The average molecular weight is 418 g/mol. The molecule has 1 fully saturated rings. The lowest BCUT2D eigenvalue weighted by molar-refractivity contribution is -0.131. The molecule has 5 rings (SSSR count). The van der Waals surface area contributed by atoms with Crippen molar-refractivity contribution in [1.82, 2.24) is 14.8 Å². The Bertz CT molecular complexity index is 1190. The number of nitrogens with two attached hydrogens (primary N) is 1. The maximum atomic E-state index is 12.8. The van der Waals surface area contributed by atoms with Crippen LogP contribution in [0.4, 0.5) is 4.79 Å². The summed E-state index contributed by atoms with van der Waals surface area (Å²) in [6.45, 7) is 0.325. The van der Waals surface area contributed by atoms with Crippen molar-refractivity contribution in [3.63, 3.8) is 0 Å². The summed E-state index contributed by atoms with van der Waals surface area (Å²) in [5.41, 5.74) is 7.20. The van der Waals surface area contributed by atoms with Crippen LogP contribution in [0.15, 0.2) is 65.4 Å². The van der Waals surface area contributed by atoms with Gasteiger partial charge in [-0.2, -0.15) is 0 Å². The Balaban J connectivity index is 1.46. The summed E-state index contributed by atoms with van der Waals surface area (Å²) in [4.78, 5) is 44.7. The van der Waals surface area contributed by atoms with E-state index < -0.39 is 24.3 Å². The number of urea groups is 1. The minimum atomic E-state index is -0.841. The van der Waals surface area contributed by atoms with Crippen LogP contribution in [-0.2, 0) is 9.53 Å². The summed E-state index contributed by atoms with van der Waals surface area (Å²) in [6, 6.07) is 11.4. The third kappa shape index (κ3) is 3.20. The van der Waals surface area contributed by atoms with Gasteiger partial charge in [-0.05, 0) is 24.3 Å². The van der Waals surface area contributed by atoms with Gasteiger partial charge in [0.2, 0.25) is 11.7 Å². The average Bonchev–Trinajstić information content (AvgIpc) is 3.39. The minimum Gasteiger partial charge on any atom is -0.452 e. The molecule has 0 radical (unpaired) electrons. The van der Waals surface area contributed by atoms with Crippen LogP contribution in [0.2, 0.25) is 0 Å². The number of carbonyl (C=O) groups excluding carboxylic acids is 3. The normalized spacial score (nSPS) is 20.5. The highest BCUT2D eigenvalue weighted by Gasteiger charge is 2.48. The van der Waals surface area contributed by atoms with Crippen molar-refractivity contribution >= 4 is 34.6 Å². The summed E-state index contributed by atoms with van der Waals surface area (Å²) >= 11 is 0. The van der Waals surface area contributed by atoms with Gasteiger partial charge in [0.15, 0.2) is 6.17 Å². The lowest BCUT2D eigenvalue weighted by Gasteiger charge is -2.40. The van der Waals surface area contributed by atoms with Gasteiger partial charge in [-0.1, -0.05) is 18.2 Å². The number of fused-ring (bicyclic) bond motifs is 2. The van der Waals surface area contributed by atoms with E-state index >= 15 is 0 Å². The van der Waals surface area contributed by atoms with E-state index in [-0.39, 0.29) is 11.7 Å². The van der Waals surface area contributed by atoms with Gasteiger partial charge in [0, 0.05) is 42.4 Å². The second-order valence-corrected chi connectivity index (χ2v) is 7.30. The monoisotopic (exact) mass is 418 g/mol. The van der Waals surface area contributed by atoms with Crippen LogP contribution < -0.4 is 5.73 Å². The second kappa shape index (κ2) is 7.28. The van der Waals surface area contributed by atoms with E-state index in [0.717, 1.165) is 5.39 Å². The van der Waals surface area contributed by atoms with Crippen molar-refractivity contribution in [2.45, 2.75) is 18.7 Å². The molecule has 3 amide bonds. The Morgan fingerprint density at radius 2 is 1.94 bits per heavy atom. The Morgan fingerprint density at radius 1 is 1.16 bits per heavy atom. The Kier molecular flexibility index (Phi) is 4.43. The number of primary amides is 1.